The van der Waals surface area contributed by atoms with E-state index in [1.54, 1.807) is 19.1 Å². The first-order valence-electron chi connectivity index (χ1n) is 13.2. The fourth-order valence-corrected chi connectivity index (χ4v) is 5.58. The molecule has 0 aliphatic carbocycles. The Bertz CT molecular complexity index is 1220. The Hall–Kier alpha value is -3.84. The van der Waals surface area contributed by atoms with Gasteiger partial charge in [0.2, 0.25) is 11.8 Å². The molecule has 2 aliphatic heterocycles. The average Bonchev–Trinajstić information content (AvgIpc) is 2.98. The summed E-state index contributed by atoms with van der Waals surface area (Å²) < 4.78 is 10.7. The predicted octanol–water partition coefficient (Wildman–Crippen LogP) is 4.53. The maximum atomic E-state index is 14.0. The minimum Gasteiger partial charge on any atom is -0.497 e. The lowest BCUT2D eigenvalue weighted by atomic mass is 9.82. The van der Waals surface area contributed by atoms with Crippen molar-refractivity contribution >= 4 is 17.5 Å². The molecule has 0 unspecified atom stereocenters. The molecule has 2 amide bonds. The van der Waals surface area contributed by atoms with Crippen molar-refractivity contribution in [1.29, 1.82) is 0 Å². The Balaban J connectivity index is 1.38. The second-order valence-corrected chi connectivity index (χ2v) is 9.91. The summed E-state index contributed by atoms with van der Waals surface area (Å²) in [5.41, 5.74) is 2.98. The number of hydrogen-bond donors (Lipinski definition) is 0. The molecule has 38 heavy (non-hydrogen) atoms. The summed E-state index contributed by atoms with van der Waals surface area (Å²) in [4.78, 5) is 33.6. The number of amides is 2. The SMILES string of the molecule is COc1ccc([C@H]2[C@H](C(=O)N3CCN(Cc4ccccc4)CC3)CCC(=O)N2c2ccc(OC)cc2)cc1. The molecule has 3 aromatic rings. The fraction of sp³-hybridized carbons (Fsp3) is 0.355. The third kappa shape index (κ3) is 5.53. The van der Waals surface area contributed by atoms with E-state index in [4.69, 9.17) is 9.47 Å². The van der Waals surface area contributed by atoms with Gasteiger partial charge in [0.25, 0.3) is 0 Å². The quantitative estimate of drug-likeness (QED) is 0.465. The summed E-state index contributed by atoms with van der Waals surface area (Å²) in [7, 11) is 3.25. The van der Waals surface area contributed by atoms with Crippen LogP contribution in [0.15, 0.2) is 78.9 Å². The molecule has 0 spiro atoms. The normalized spacial score (nSPS) is 20.3. The van der Waals surface area contributed by atoms with Crippen molar-refractivity contribution in [3.05, 3.63) is 90.0 Å². The zero-order chi connectivity index (χ0) is 26.5. The Morgan fingerprint density at radius 3 is 2.03 bits per heavy atom. The monoisotopic (exact) mass is 513 g/mol. The minimum absolute atomic E-state index is 0.0210. The lowest BCUT2D eigenvalue weighted by Gasteiger charge is -2.44. The van der Waals surface area contributed by atoms with Gasteiger partial charge in [0.1, 0.15) is 11.5 Å². The molecule has 2 saturated heterocycles. The number of hydrogen-bond acceptors (Lipinski definition) is 5. The topological polar surface area (TPSA) is 62.3 Å². The van der Waals surface area contributed by atoms with Gasteiger partial charge in [-0.15, -0.1) is 0 Å². The summed E-state index contributed by atoms with van der Waals surface area (Å²) in [5.74, 6) is 1.28. The number of anilines is 1. The van der Waals surface area contributed by atoms with Crippen LogP contribution in [0.1, 0.15) is 30.0 Å². The van der Waals surface area contributed by atoms with E-state index in [0.29, 0.717) is 25.9 Å². The molecular formula is C31H35N3O4. The first kappa shape index (κ1) is 25.8. The molecule has 0 N–H and O–H groups in total. The Morgan fingerprint density at radius 1 is 0.816 bits per heavy atom. The number of piperidine rings is 1. The van der Waals surface area contributed by atoms with Gasteiger partial charge in [-0.2, -0.15) is 0 Å². The highest BCUT2D eigenvalue weighted by molar-refractivity contribution is 5.97. The summed E-state index contributed by atoms with van der Waals surface area (Å²) in [5, 5.41) is 0. The highest BCUT2D eigenvalue weighted by Crippen LogP contribution is 2.41. The number of ether oxygens (including phenoxy) is 2. The molecule has 7 heteroatoms. The van der Waals surface area contributed by atoms with Gasteiger partial charge in [-0.05, 0) is 53.9 Å². The van der Waals surface area contributed by atoms with Crippen molar-refractivity contribution in [2.45, 2.75) is 25.4 Å². The molecule has 5 rings (SSSR count). The van der Waals surface area contributed by atoms with Gasteiger partial charge in [0, 0.05) is 44.8 Å². The van der Waals surface area contributed by atoms with E-state index in [1.165, 1.54) is 5.56 Å². The lowest BCUT2D eigenvalue weighted by molar-refractivity contribution is -0.140. The van der Waals surface area contributed by atoms with Crippen molar-refractivity contribution in [3.63, 3.8) is 0 Å². The van der Waals surface area contributed by atoms with Gasteiger partial charge in [0.15, 0.2) is 0 Å². The molecule has 0 bridgehead atoms. The van der Waals surface area contributed by atoms with Crippen molar-refractivity contribution in [1.82, 2.24) is 9.80 Å². The number of methoxy groups -OCH3 is 2. The minimum atomic E-state index is -0.398. The van der Waals surface area contributed by atoms with E-state index >= 15 is 0 Å². The van der Waals surface area contributed by atoms with Gasteiger partial charge in [-0.1, -0.05) is 42.5 Å². The van der Waals surface area contributed by atoms with E-state index in [9.17, 15) is 9.59 Å². The highest BCUT2D eigenvalue weighted by atomic mass is 16.5. The number of benzene rings is 3. The maximum Gasteiger partial charge on any atom is 0.228 e. The number of nitrogens with zero attached hydrogens (tertiary/aromatic N) is 3. The van der Waals surface area contributed by atoms with E-state index in [0.717, 1.165) is 42.4 Å². The Morgan fingerprint density at radius 2 is 1.42 bits per heavy atom. The van der Waals surface area contributed by atoms with Crippen LogP contribution in [-0.4, -0.2) is 62.0 Å². The Labute approximate surface area is 224 Å². The molecule has 3 aromatic carbocycles. The zero-order valence-corrected chi connectivity index (χ0v) is 22.1. The van der Waals surface area contributed by atoms with Crippen LogP contribution >= 0.6 is 0 Å². The number of rotatable bonds is 7. The van der Waals surface area contributed by atoms with E-state index in [1.807, 2.05) is 59.5 Å². The van der Waals surface area contributed by atoms with Gasteiger partial charge in [-0.3, -0.25) is 14.5 Å². The van der Waals surface area contributed by atoms with Crippen LogP contribution in [0.3, 0.4) is 0 Å². The van der Waals surface area contributed by atoms with Crippen LogP contribution in [-0.2, 0) is 16.1 Å². The predicted molar refractivity (Wildman–Crippen MR) is 147 cm³/mol. The average molecular weight is 514 g/mol. The van der Waals surface area contributed by atoms with Crippen LogP contribution in [0.4, 0.5) is 5.69 Å². The van der Waals surface area contributed by atoms with Crippen molar-refractivity contribution in [2.24, 2.45) is 5.92 Å². The number of carbonyl (C=O) groups excluding carboxylic acids is 2. The summed E-state index contributed by atoms with van der Waals surface area (Å²) >= 11 is 0. The Kier molecular flexibility index (Phi) is 7.94. The second kappa shape index (κ2) is 11.7. The molecule has 0 saturated carbocycles. The summed E-state index contributed by atoms with van der Waals surface area (Å²) in [6.45, 7) is 3.94. The molecule has 0 aromatic heterocycles. The van der Waals surface area contributed by atoms with Crippen molar-refractivity contribution < 1.29 is 19.1 Å². The third-order valence-corrected chi connectivity index (χ3v) is 7.66. The highest BCUT2D eigenvalue weighted by Gasteiger charge is 2.43. The van der Waals surface area contributed by atoms with Crippen LogP contribution in [0, 0.1) is 5.92 Å². The molecule has 2 fully saturated rings. The second-order valence-electron chi connectivity index (χ2n) is 9.91. The smallest absolute Gasteiger partial charge is 0.228 e. The van der Waals surface area contributed by atoms with Gasteiger partial charge in [-0.25, -0.2) is 0 Å². The molecule has 198 valence electrons. The van der Waals surface area contributed by atoms with Gasteiger partial charge in [0.05, 0.1) is 26.2 Å². The third-order valence-electron chi connectivity index (χ3n) is 7.66. The largest absolute Gasteiger partial charge is 0.497 e. The van der Waals surface area contributed by atoms with E-state index < -0.39 is 6.04 Å². The van der Waals surface area contributed by atoms with Crippen LogP contribution in [0.5, 0.6) is 11.5 Å². The van der Waals surface area contributed by atoms with Crippen LogP contribution in [0.25, 0.3) is 0 Å². The standard InChI is InChI=1S/C31H35N3O4/c1-37-26-12-8-24(9-13-26)30-28(16-17-29(35)34(30)25-10-14-27(38-2)15-11-25)31(36)33-20-18-32(19-21-33)22-23-6-4-3-5-7-23/h3-15,28,30H,16-22H2,1-2H3/t28-,30+/m1/s1. The molecule has 2 heterocycles. The molecule has 0 radical (unpaired) electrons. The number of carbonyl (C=O) groups is 2. The summed E-state index contributed by atoms with van der Waals surface area (Å²) in [6, 6.07) is 25.3. The van der Waals surface area contributed by atoms with Crippen molar-refractivity contribution in [3.8, 4) is 11.5 Å². The summed E-state index contributed by atoms with van der Waals surface area (Å²) in [6.07, 6.45) is 0.869. The lowest BCUT2D eigenvalue weighted by Crippen LogP contribution is -2.54. The molecule has 2 aliphatic rings. The fourth-order valence-electron chi connectivity index (χ4n) is 5.58. The first-order chi connectivity index (χ1) is 18.6. The van der Waals surface area contributed by atoms with Crippen LogP contribution in [0.2, 0.25) is 0 Å². The van der Waals surface area contributed by atoms with Gasteiger partial charge >= 0.3 is 0 Å². The zero-order valence-electron chi connectivity index (χ0n) is 22.1. The van der Waals surface area contributed by atoms with Crippen molar-refractivity contribution in [2.75, 3.05) is 45.3 Å². The molecule has 7 nitrogen and oxygen atoms in total. The van der Waals surface area contributed by atoms with E-state index in [-0.39, 0.29) is 17.7 Å². The van der Waals surface area contributed by atoms with Crippen LogP contribution < -0.4 is 14.4 Å². The molecular weight excluding hydrogens is 478 g/mol. The number of piperazine rings is 1. The molecule has 2 atom stereocenters. The van der Waals surface area contributed by atoms with Gasteiger partial charge < -0.3 is 19.3 Å². The maximum absolute atomic E-state index is 14.0. The first-order valence-corrected chi connectivity index (χ1v) is 13.2. The van der Waals surface area contributed by atoms with E-state index in [2.05, 4.69) is 29.2 Å².